The highest BCUT2D eigenvalue weighted by Crippen LogP contribution is 2.51. The van der Waals surface area contributed by atoms with E-state index in [1.807, 2.05) is 12.1 Å². The van der Waals surface area contributed by atoms with Crippen LogP contribution in [0.25, 0.3) is 0 Å². The minimum atomic E-state index is -3.01. The molecule has 1 aliphatic carbocycles. The van der Waals surface area contributed by atoms with Crippen molar-refractivity contribution in [2.75, 3.05) is 12.3 Å². The lowest BCUT2D eigenvalue weighted by atomic mass is 10.1. The van der Waals surface area contributed by atoms with Gasteiger partial charge >= 0.3 is 0 Å². The molecule has 0 saturated heterocycles. The molecule has 0 amide bonds. The number of hydrogen-bond acceptors (Lipinski definition) is 3. The van der Waals surface area contributed by atoms with Crippen molar-refractivity contribution in [2.45, 2.75) is 18.1 Å². The first-order valence-corrected chi connectivity index (χ1v) is 7.77. The van der Waals surface area contributed by atoms with Crippen molar-refractivity contribution in [3.05, 3.63) is 34.9 Å². The van der Waals surface area contributed by atoms with Gasteiger partial charge in [0, 0.05) is 16.7 Å². The first kappa shape index (κ1) is 12.9. The van der Waals surface area contributed by atoms with Crippen LogP contribution in [-0.2, 0) is 9.84 Å². The number of halogens is 1. The van der Waals surface area contributed by atoms with Gasteiger partial charge in [-0.2, -0.15) is 0 Å². The van der Waals surface area contributed by atoms with Gasteiger partial charge in [-0.1, -0.05) is 30.7 Å². The maximum absolute atomic E-state index is 11.9. The Morgan fingerprint density at radius 2 is 1.88 bits per heavy atom. The molecule has 1 aromatic carbocycles. The van der Waals surface area contributed by atoms with Gasteiger partial charge in [-0.05, 0) is 30.2 Å². The van der Waals surface area contributed by atoms with E-state index in [-0.39, 0.29) is 22.8 Å². The molecule has 0 unspecified atom stereocenters. The standard InChI is InChI=1S/C12H16ClNO2S/c1-2-17(15,16)12-10(7-14)11(12)8-3-5-9(13)6-4-8/h3-6,10-12H,2,7,14H2,1H3/t10-,11-,12-/m0/s1. The summed E-state index contributed by atoms with van der Waals surface area (Å²) in [4.78, 5) is 0. The highest BCUT2D eigenvalue weighted by atomic mass is 35.5. The zero-order chi connectivity index (χ0) is 12.6. The second kappa shape index (κ2) is 4.59. The van der Waals surface area contributed by atoms with Crippen LogP contribution in [0.15, 0.2) is 24.3 Å². The average Bonchev–Trinajstić information content (AvgIpc) is 3.05. The van der Waals surface area contributed by atoms with Gasteiger partial charge in [-0.15, -0.1) is 0 Å². The fraction of sp³-hybridized carbons (Fsp3) is 0.500. The Balaban J connectivity index is 2.26. The molecule has 3 atom stereocenters. The third-order valence-electron chi connectivity index (χ3n) is 3.44. The summed E-state index contributed by atoms with van der Waals surface area (Å²) in [5.74, 6) is 0.279. The second-order valence-corrected chi connectivity index (χ2v) is 7.28. The number of benzene rings is 1. The molecule has 0 heterocycles. The molecule has 0 bridgehead atoms. The predicted molar refractivity (Wildman–Crippen MR) is 70.0 cm³/mol. The molecular weight excluding hydrogens is 258 g/mol. The Labute approximate surface area is 107 Å². The van der Waals surface area contributed by atoms with Crippen LogP contribution in [0.3, 0.4) is 0 Å². The number of hydrogen-bond donors (Lipinski definition) is 1. The first-order chi connectivity index (χ1) is 8.01. The van der Waals surface area contributed by atoms with E-state index in [2.05, 4.69) is 0 Å². The fourth-order valence-corrected chi connectivity index (χ4v) is 4.47. The fourth-order valence-electron chi connectivity index (χ4n) is 2.43. The summed E-state index contributed by atoms with van der Waals surface area (Å²) in [6.45, 7) is 2.09. The Morgan fingerprint density at radius 1 is 1.29 bits per heavy atom. The Kier molecular flexibility index (Phi) is 3.48. The van der Waals surface area contributed by atoms with Crippen LogP contribution in [0.1, 0.15) is 18.4 Å². The highest BCUT2D eigenvalue weighted by molar-refractivity contribution is 7.92. The van der Waals surface area contributed by atoms with Gasteiger partial charge in [-0.3, -0.25) is 0 Å². The molecule has 0 radical (unpaired) electrons. The highest BCUT2D eigenvalue weighted by Gasteiger charge is 2.56. The largest absolute Gasteiger partial charge is 0.330 e. The molecule has 0 aromatic heterocycles. The van der Waals surface area contributed by atoms with Crippen molar-refractivity contribution in [3.63, 3.8) is 0 Å². The lowest BCUT2D eigenvalue weighted by Gasteiger charge is -2.00. The lowest BCUT2D eigenvalue weighted by Crippen LogP contribution is -2.15. The molecular formula is C12H16ClNO2S. The van der Waals surface area contributed by atoms with E-state index >= 15 is 0 Å². The molecule has 2 rings (SSSR count). The first-order valence-electron chi connectivity index (χ1n) is 5.68. The molecule has 94 valence electrons. The third-order valence-corrected chi connectivity index (χ3v) is 5.97. The summed E-state index contributed by atoms with van der Waals surface area (Å²) in [5.41, 5.74) is 6.66. The monoisotopic (exact) mass is 273 g/mol. The van der Waals surface area contributed by atoms with Crippen LogP contribution in [-0.4, -0.2) is 26.0 Å². The summed E-state index contributed by atoms with van der Waals surface area (Å²) in [6, 6.07) is 7.36. The van der Waals surface area contributed by atoms with Crippen molar-refractivity contribution < 1.29 is 8.42 Å². The van der Waals surface area contributed by atoms with E-state index in [4.69, 9.17) is 17.3 Å². The molecule has 5 heteroatoms. The zero-order valence-electron chi connectivity index (χ0n) is 9.64. The van der Waals surface area contributed by atoms with Crippen molar-refractivity contribution in [1.29, 1.82) is 0 Å². The number of sulfone groups is 1. The normalized spacial score (nSPS) is 28.1. The van der Waals surface area contributed by atoms with Gasteiger partial charge in [0.15, 0.2) is 9.84 Å². The second-order valence-electron chi connectivity index (χ2n) is 4.39. The minimum absolute atomic E-state index is 0.0437. The zero-order valence-corrected chi connectivity index (χ0v) is 11.2. The molecule has 0 spiro atoms. The average molecular weight is 274 g/mol. The molecule has 1 aromatic rings. The third kappa shape index (κ3) is 2.34. The van der Waals surface area contributed by atoms with Crippen molar-refractivity contribution >= 4 is 21.4 Å². The van der Waals surface area contributed by atoms with E-state index in [9.17, 15) is 8.42 Å². The molecule has 1 saturated carbocycles. The van der Waals surface area contributed by atoms with E-state index in [1.165, 1.54) is 0 Å². The lowest BCUT2D eigenvalue weighted by molar-refractivity contribution is 0.593. The summed E-state index contributed by atoms with van der Waals surface area (Å²) < 4.78 is 23.8. The quantitative estimate of drug-likeness (QED) is 0.910. The topological polar surface area (TPSA) is 60.2 Å². The minimum Gasteiger partial charge on any atom is -0.330 e. The Hall–Kier alpha value is -0.580. The van der Waals surface area contributed by atoms with Gasteiger partial charge in [0.2, 0.25) is 0 Å². The number of rotatable bonds is 4. The molecule has 2 N–H and O–H groups in total. The van der Waals surface area contributed by atoms with Gasteiger partial charge in [0.25, 0.3) is 0 Å². The maximum Gasteiger partial charge on any atom is 0.153 e. The van der Waals surface area contributed by atoms with E-state index < -0.39 is 9.84 Å². The number of nitrogens with two attached hydrogens (primary N) is 1. The smallest absolute Gasteiger partial charge is 0.153 e. The van der Waals surface area contributed by atoms with Crippen molar-refractivity contribution in [3.8, 4) is 0 Å². The summed E-state index contributed by atoms with van der Waals surface area (Å²) in [7, 11) is -3.01. The van der Waals surface area contributed by atoms with Crippen LogP contribution in [0.4, 0.5) is 0 Å². The van der Waals surface area contributed by atoms with Crippen LogP contribution >= 0.6 is 11.6 Å². The van der Waals surface area contributed by atoms with Gasteiger partial charge in [0.1, 0.15) is 0 Å². The SMILES string of the molecule is CCS(=O)(=O)[C@H]1[C@@H](CN)[C@@H]1c1ccc(Cl)cc1. The summed E-state index contributed by atoms with van der Waals surface area (Å²) >= 11 is 5.82. The van der Waals surface area contributed by atoms with E-state index in [1.54, 1.807) is 19.1 Å². The van der Waals surface area contributed by atoms with Crippen molar-refractivity contribution in [1.82, 2.24) is 0 Å². The molecule has 1 aliphatic rings. The van der Waals surface area contributed by atoms with Crippen LogP contribution in [0, 0.1) is 5.92 Å². The van der Waals surface area contributed by atoms with Gasteiger partial charge in [0.05, 0.1) is 5.25 Å². The predicted octanol–water partition coefficient (Wildman–Crippen LogP) is 1.82. The van der Waals surface area contributed by atoms with Gasteiger partial charge in [-0.25, -0.2) is 8.42 Å². The van der Waals surface area contributed by atoms with Crippen LogP contribution in [0.2, 0.25) is 5.02 Å². The Morgan fingerprint density at radius 3 is 2.35 bits per heavy atom. The van der Waals surface area contributed by atoms with E-state index in [0.29, 0.717) is 11.6 Å². The van der Waals surface area contributed by atoms with Gasteiger partial charge < -0.3 is 5.73 Å². The molecule has 0 aliphatic heterocycles. The molecule has 3 nitrogen and oxygen atoms in total. The van der Waals surface area contributed by atoms with Crippen LogP contribution in [0.5, 0.6) is 0 Å². The van der Waals surface area contributed by atoms with Crippen molar-refractivity contribution in [2.24, 2.45) is 11.7 Å². The summed E-state index contributed by atoms with van der Waals surface area (Å²) in [6.07, 6.45) is 0. The Bertz CT molecular complexity index is 498. The molecule has 17 heavy (non-hydrogen) atoms. The van der Waals surface area contributed by atoms with Crippen LogP contribution < -0.4 is 5.73 Å². The maximum atomic E-state index is 11.9. The summed E-state index contributed by atoms with van der Waals surface area (Å²) in [5, 5.41) is 0.354. The van der Waals surface area contributed by atoms with E-state index in [0.717, 1.165) is 5.56 Å². The molecule has 1 fully saturated rings.